The van der Waals surface area contributed by atoms with Crippen molar-refractivity contribution in [3.8, 4) is 0 Å². The summed E-state index contributed by atoms with van der Waals surface area (Å²) in [7, 11) is -3.62. The third-order valence-electron chi connectivity index (χ3n) is 4.72. The van der Waals surface area contributed by atoms with E-state index in [4.69, 9.17) is 0 Å². The molecule has 27 heavy (non-hydrogen) atoms. The normalized spacial score (nSPS) is 18.4. The van der Waals surface area contributed by atoms with Crippen LogP contribution in [-0.4, -0.2) is 56.1 Å². The molecule has 0 bridgehead atoms. The SMILES string of the molecule is O=C(C=Cc1ccccc1)N1CCN(C2=NS(=O)(=O)c3ccccc32)CC1. The second kappa shape index (κ2) is 7.00. The van der Waals surface area contributed by atoms with Gasteiger partial charge in [-0.1, -0.05) is 42.5 Å². The summed E-state index contributed by atoms with van der Waals surface area (Å²) in [4.78, 5) is 16.4. The van der Waals surface area contributed by atoms with Gasteiger partial charge in [0.2, 0.25) is 5.91 Å². The van der Waals surface area contributed by atoms with Crippen LogP contribution >= 0.6 is 0 Å². The molecule has 0 saturated carbocycles. The number of amidine groups is 1. The molecule has 1 amide bonds. The Morgan fingerprint density at radius 2 is 1.59 bits per heavy atom. The highest BCUT2D eigenvalue weighted by Gasteiger charge is 2.33. The average Bonchev–Trinajstić information content (AvgIpc) is 2.98. The zero-order valence-electron chi connectivity index (χ0n) is 14.7. The van der Waals surface area contributed by atoms with Gasteiger partial charge < -0.3 is 9.80 Å². The van der Waals surface area contributed by atoms with Crippen molar-refractivity contribution in [1.82, 2.24) is 9.80 Å². The van der Waals surface area contributed by atoms with Crippen molar-refractivity contribution in [3.05, 3.63) is 71.8 Å². The molecule has 1 saturated heterocycles. The van der Waals surface area contributed by atoms with Crippen molar-refractivity contribution in [2.45, 2.75) is 4.90 Å². The summed E-state index contributed by atoms with van der Waals surface area (Å²) in [5, 5.41) is 0. The maximum atomic E-state index is 12.4. The van der Waals surface area contributed by atoms with E-state index in [9.17, 15) is 13.2 Å². The molecule has 6 nitrogen and oxygen atoms in total. The summed E-state index contributed by atoms with van der Waals surface area (Å²) >= 11 is 0. The van der Waals surface area contributed by atoms with Gasteiger partial charge in [0.15, 0.2) is 5.84 Å². The predicted molar refractivity (Wildman–Crippen MR) is 104 cm³/mol. The number of sulfonamides is 1. The maximum absolute atomic E-state index is 12.4. The van der Waals surface area contributed by atoms with E-state index in [1.165, 1.54) is 0 Å². The molecule has 0 unspecified atom stereocenters. The Kier molecular flexibility index (Phi) is 4.53. The van der Waals surface area contributed by atoms with Crippen molar-refractivity contribution in [2.75, 3.05) is 26.2 Å². The number of benzene rings is 2. The lowest BCUT2D eigenvalue weighted by Gasteiger charge is -2.35. The Labute approximate surface area is 158 Å². The number of hydrogen-bond donors (Lipinski definition) is 0. The second-order valence-electron chi connectivity index (χ2n) is 6.44. The highest BCUT2D eigenvalue weighted by atomic mass is 32.2. The van der Waals surface area contributed by atoms with Crippen LogP contribution in [0.15, 0.2) is 70.0 Å². The third-order valence-corrected chi connectivity index (χ3v) is 6.05. The number of carbonyl (C=O) groups is 1. The number of piperazine rings is 1. The van der Waals surface area contributed by atoms with Crippen molar-refractivity contribution in [1.29, 1.82) is 0 Å². The van der Waals surface area contributed by atoms with E-state index in [2.05, 4.69) is 4.40 Å². The quantitative estimate of drug-likeness (QED) is 0.746. The molecule has 2 aromatic carbocycles. The monoisotopic (exact) mass is 381 g/mol. The van der Waals surface area contributed by atoms with Gasteiger partial charge in [-0.2, -0.15) is 8.42 Å². The number of nitrogens with zero attached hydrogens (tertiary/aromatic N) is 3. The van der Waals surface area contributed by atoms with Crippen molar-refractivity contribution < 1.29 is 13.2 Å². The molecule has 0 aliphatic carbocycles. The second-order valence-corrected chi connectivity index (χ2v) is 8.02. The summed E-state index contributed by atoms with van der Waals surface area (Å²) in [6.07, 6.45) is 3.39. The van der Waals surface area contributed by atoms with Gasteiger partial charge in [-0.15, -0.1) is 4.40 Å². The van der Waals surface area contributed by atoms with Crippen molar-refractivity contribution in [3.63, 3.8) is 0 Å². The van der Waals surface area contributed by atoms with Gasteiger partial charge in [-0.05, 0) is 23.8 Å². The van der Waals surface area contributed by atoms with E-state index in [1.807, 2.05) is 41.3 Å². The first-order valence-corrected chi connectivity index (χ1v) is 10.2. The molecule has 2 aromatic rings. The fourth-order valence-corrected chi connectivity index (χ4v) is 4.52. The van der Waals surface area contributed by atoms with Crippen LogP contribution < -0.4 is 0 Å². The average molecular weight is 381 g/mol. The van der Waals surface area contributed by atoms with Crippen LogP contribution in [-0.2, 0) is 14.8 Å². The maximum Gasteiger partial charge on any atom is 0.285 e. The van der Waals surface area contributed by atoms with Gasteiger partial charge in [0.05, 0.1) is 0 Å². The smallest absolute Gasteiger partial charge is 0.285 e. The molecular formula is C20H19N3O3S. The summed E-state index contributed by atoms with van der Waals surface area (Å²) in [6, 6.07) is 16.5. The first kappa shape index (κ1) is 17.5. The molecule has 2 aliphatic rings. The zero-order chi connectivity index (χ0) is 18.9. The van der Waals surface area contributed by atoms with Crippen LogP contribution in [0.4, 0.5) is 0 Å². The number of fused-ring (bicyclic) bond motifs is 1. The molecule has 138 valence electrons. The van der Waals surface area contributed by atoms with Gasteiger partial charge in [0.1, 0.15) is 4.90 Å². The molecule has 7 heteroatoms. The Hall–Kier alpha value is -2.93. The fourth-order valence-electron chi connectivity index (χ4n) is 3.29. The van der Waals surface area contributed by atoms with Crippen LogP contribution in [0.3, 0.4) is 0 Å². The summed E-state index contributed by atoms with van der Waals surface area (Å²) in [5.41, 5.74) is 1.62. The van der Waals surface area contributed by atoms with Crippen molar-refractivity contribution >= 4 is 27.8 Å². The summed E-state index contributed by atoms with van der Waals surface area (Å²) < 4.78 is 28.4. The Morgan fingerprint density at radius 3 is 2.33 bits per heavy atom. The first-order chi connectivity index (χ1) is 13.0. The highest BCUT2D eigenvalue weighted by Crippen LogP contribution is 2.27. The standard InChI is InChI=1S/C20H19N3O3S/c24-19(11-10-16-6-2-1-3-7-16)22-12-14-23(15-13-22)20-17-8-4-5-9-18(17)27(25,26)21-20/h1-11H,12-15H2. The Balaban J connectivity index is 1.43. The molecule has 0 atom stereocenters. The Morgan fingerprint density at radius 1 is 0.926 bits per heavy atom. The van der Waals surface area contributed by atoms with E-state index in [0.717, 1.165) is 5.56 Å². The van der Waals surface area contributed by atoms with Crippen LogP contribution in [0.25, 0.3) is 6.08 Å². The van der Waals surface area contributed by atoms with Crippen LogP contribution in [0.5, 0.6) is 0 Å². The molecule has 0 N–H and O–H groups in total. The molecule has 0 radical (unpaired) electrons. The number of carbonyl (C=O) groups excluding carboxylic acids is 1. The molecular weight excluding hydrogens is 362 g/mol. The van der Waals surface area contributed by atoms with Gasteiger partial charge in [-0.25, -0.2) is 0 Å². The summed E-state index contributed by atoms with van der Waals surface area (Å²) in [5.74, 6) is 0.442. The van der Waals surface area contributed by atoms with Gasteiger partial charge in [0.25, 0.3) is 10.0 Å². The molecule has 4 rings (SSSR count). The van der Waals surface area contributed by atoms with Gasteiger partial charge >= 0.3 is 0 Å². The molecule has 0 spiro atoms. The predicted octanol–water partition coefficient (Wildman–Crippen LogP) is 1.99. The molecule has 2 aliphatic heterocycles. The van der Waals surface area contributed by atoms with E-state index in [-0.39, 0.29) is 10.8 Å². The largest absolute Gasteiger partial charge is 0.352 e. The number of amides is 1. The minimum absolute atomic E-state index is 0.0418. The van der Waals surface area contributed by atoms with Crippen LogP contribution in [0, 0.1) is 0 Å². The van der Waals surface area contributed by atoms with E-state index in [1.54, 1.807) is 35.3 Å². The Bertz CT molecular complexity index is 1020. The van der Waals surface area contributed by atoms with Gasteiger partial charge in [-0.3, -0.25) is 4.79 Å². The number of hydrogen-bond acceptors (Lipinski definition) is 4. The summed E-state index contributed by atoms with van der Waals surface area (Å²) in [6.45, 7) is 2.15. The molecule has 1 fully saturated rings. The van der Waals surface area contributed by atoms with E-state index in [0.29, 0.717) is 37.6 Å². The molecule has 2 heterocycles. The van der Waals surface area contributed by atoms with Crippen LogP contribution in [0.1, 0.15) is 11.1 Å². The lowest BCUT2D eigenvalue weighted by Crippen LogP contribution is -2.50. The van der Waals surface area contributed by atoms with Gasteiger partial charge in [0, 0.05) is 37.8 Å². The topological polar surface area (TPSA) is 70.1 Å². The highest BCUT2D eigenvalue weighted by molar-refractivity contribution is 7.90. The first-order valence-electron chi connectivity index (χ1n) is 8.76. The molecule has 0 aromatic heterocycles. The minimum Gasteiger partial charge on any atom is -0.352 e. The van der Waals surface area contributed by atoms with E-state index >= 15 is 0 Å². The lowest BCUT2D eigenvalue weighted by molar-refractivity contribution is -0.127. The lowest BCUT2D eigenvalue weighted by atomic mass is 10.1. The fraction of sp³-hybridized carbons (Fsp3) is 0.200. The van der Waals surface area contributed by atoms with Crippen molar-refractivity contribution in [2.24, 2.45) is 4.40 Å². The number of rotatable bonds is 2. The van der Waals surface area contributed by atoms with E-state index < -0.39 is 10.0 Å². The minimum atomic E-state index is -3.62. The van der Waals surface area contributed by atoms with Crippen LogP contribution in [0.2, 0.25) is 0 Å². The third kappa shape index (κ3) is 3.50. The zero-order valence-corrected chi connectivity index (χ0v) is 15.5.